The molecule has 0 bridgehead atoms. The van der Waals surface area contributed by atoms with E-state index in [-0.39, 0.29) is 5.91 Å². The maximum absolute atomic E-state index is 12.1. The highest BCUT2D eigenvalue weighted by molar-refractivity contribution is 9.10. The maximum atomic E-state index is 12.1. The summed E-state index contributed by atoms with van der Waals surface area (Å²) in [6.45, 7) is 1.79. The Labute approximate surface area is 97.4 Å². The van der Waals surface area contributed by atoms with Crippen LogP contribution in [0.3, 0.4) is 0 Å². The van der Waals surface area contributed by atoms with Crippen molar-refractivity contribution >= 4 is 21.8 Å². The quantitative estimate of drug-likeness (QED) is 0.866. The number of halogens is 1. The van der Waals surface area contributed by atoms with Crippen molar-refractivity contribution < 1.29 is 4.79 Å². The molecule has 5 heteroatoms. The standard InChI is InChI=1S/C10H14BrN3O/c1-13-6-7(11)3-9(13)10(15)14(2)8-4-12-5-8/h3,6,8,12H,4-5H2,1-2H3. The summed E-state index contributed by atoms with van der Waals surface area (Å²) in [5.41, 5.74) is 0.719. The lowest BCUT2D eigenvalue weighted by Crippen LogP contribution is -2.57. The van der Waals surface area contributed by atoms with Gasteiger partial charge in [0.05, 0.1) is 6.04 Å². The third kappa shape index (κ3) is 1.94. The molecular formula is C10H14BrN3O. The van der Waals surface area contributed by atoms with Gasteiger partial charge in [-0.1, -0.05) is 0 Å². The number of aryl methyl sites for hydroxylation is 1. The Morgan fingerprint density at radius 1 is 1.67 bits per heavy atom. The molecule has 0 aromatic carbocycles. The summed E-state index contributed by atoms with van der Waals surface area (Å²) < 4.78 is 2.78. The molecule has 0 unspecified atom stereocenters. The van der Waals surface area contributed by atoms with Crippen molar-refractivity contribution in [2.45, 2.75) is 6.04 Å². The summed E-state index contributed by atoms with van der Waals surface area (Å²) in [5.74, 6) is 0.0784. The van der Waals surface area contributed by atoms with E-state index in [9.17, 15) is 4.79 Å². The number of carbonyl (C=O) groups excluding carboxylic acids is 1. The number of nitrogens with one attached hydrogen (secondary N) is 1. The molecule has 1 aromatic heterocycles. The summed E-state index contributed by atoms with van der Waals surface area (Å²) in [5, 5.41) is 3.16. The molecule has 0 atom stereocenters. The minimum absolute atomic E-state index is 0.0784. The van der Waals surface area contributed by atoms with Gasteiger partial charge in [0.1, 0.15) is 5.69 Å². The van der Waals surface area contributed by atoms with Crippen molar-refractivity contribution in [2.75, 3.05) is 20.1 Å². The van der Waals surface area contributed by atoms with Gasteiger partial charge in [0.25, 0.3) is 5.91 Å². The van der Waals surface area contributed by atoms with Gasteiger partial charge in [0, 0.05) is 37.9 Å². The number of amides is 1. The van der Waals surface area contributed by atoms with Crippen LogP contribution >= 0.6 is 15.9 Å². The first-order chi connectivity index (χ1) is 7.09. The molecule has 1 saturated heterocycles. The van der Waals surface area contributed by atoms with Crippen LogP contribution in [0.4, 0.5) is 0 Å². The van der Waals surface area contributed by atoms with E-state index >= 15 is 0 Å². The zero-order valence-electron chi connectivity index (χ0n) is 8.83. The van der Waals surface area contributed by atoms with E-state index in [0.717, 1.165) is 23.3 Å². The number of hydrogen-bond acceptors (Lipinski definition) is 2. The first-order valence-electron chi connectivity index (χ1n) is 4.89. The second kappa shape index (κ2) is 3.98. The van der Waals surface area contributed by atoms with Crippen molar-refractivity contribution in [2.24, 2.45) is 7.05 Å². The van der Waals surface area contributed by atoms with Crippen LogP contribution < -0.4 is 5.32 Å². The molecule has 1 aliphatic rings. The second-order valence-electron chi connectivity index (χ2n) is 3.88. The van der Waals surface area contributed by atoms with Crippen LogP contribution in [0.15, 0.2) is 16.7 Å². The fourth-order valence-corrected chi connectivity index (χ4v) is 2.15. The number of aromatic nitrogens is 1. The number of carbonyl (C=O) groups is 1. The largest absolute Gasteiger partial charge is 0.345 e. The summed E-state index contributed by atoms with van der Waals surface area (Å²) in [6, 6.07) is 2.19. The van der Waals surface area contributed by atoms with E-state index in [4.69, 9.17) is 0 Å². The lowest BCUT2D eigenvalue weighted by atomic mass is 10.1. The summed E-state index contributed by atoms with van der Waals surface area (Å²) in [4.78, 5) is 13.9. The fraction of sp³-hybridized carbons (Fsp3) is 0.500. The zero-order chi connectivity index (χ0) is 11.0. The minimum atomic E-state index is 0.0784. The molecule has 1 aliphatic heterocycles. The van der Waals surface area contributed by atoms with Crippen LogP contribution in [-0.4, -0.2) is 41.6 Å². The van der Waals surface area contributed by atoms with E-state index in [1.165, 1.54) is 0 Å². The highest BCUT2D eigenvalue weighted by Crippen LogP contribution is 2.16. The normalized spacial score (nSPS) is 16.2. The third-order valence-electron chi connectivity index (χ3n) is 2.82. The molecule has 0 radical (unpaired) electrons. The fourth-order valence-electron chi connectivity index (χ4n) is 1.63. The van der Waals surface area contributed by atoms with Crippen LogP contribution in [0.25, 0.3) is 0 Å². The van der Waals surface area contributed by atoms with Gasteiger partial charge < -0.3 is 14.8 Å². The van der Waals surface area contributed by atoms with Gasteiger partial charge in [-0.3, -0.25) is 4.79 Å². The smallest absolute Gasteiger partial charge is 0.270 e. The van der Waals surface area contributed by atoms with E-state index in [1.807, 2.05) is 30.9 Å². The van der Waals surface area contributed by atoms with Gasteiger partial charge >= 0.3 is 0 Å². The molecule has 1 N–H and O–H groups in total. The van der Waals surface area contributed by atoms with Crippen LogP contribution in [0.5, 0.6) is 0 Å². The summed E-state index contributed by atoms with van der Waals surface area (Å²) >= 11 is 3.36. The minimum Gasteiger partial charge on any atom is -0.345 e. The van der Waals surface area contributed by atoms with E-state index in [1.54, 1.807) is 4.90 Å². The number of rotatable bonds is 2. The van der Waals surface area contributed by atoms with Crippen LogP contribution in [0, 0.1) is 0 Å². The Kier molecular flexibility index (Phi) is 2.84. The highest BCUT2D eigenvalue weighted by atomic mass is 79.9. The predicted octanol–water partition coefficient (Wildman–Crippen LogP) is 0.831. The monoisotopic (exact) mass is 271 g/mol. The van der Waals surface area contributed by atoms with Gasteiger partial charge in [0.2, 0.25) is 0 Å². The Morgan fingerprint density at radius 2 is 2.33 bits per heavy atom. The maximum Gasteiger partial charge on any atom is 0.270 e. The molecular weight excluding hydrogens is 258 g/mol. The molecule has 2 rings (SSSR count). The van der Waals surface area contributed by atoms with Crippen molar-refractivity contribution in [3.05, 3.63) is 22.4 Å². The van der Waals surface area contributed by atoms with E-state index in [2.05, 4.69) is 21.2 Å². The third-order valence-corrected chi connectivity index (χ3v) is 3.25. The van der Waals surface area contributed by atoms with E-state index < -0.39 is 0 Å². The van der Waals surface area contributed by atoms with Crippen LogP contribution in [-0.2, 0) is 7.05 Å². The molecule has 0 saturated carbocycles. The Balaban J connectivity index is 2.15. The first kappa shape index (κ1) is 10.7. The van der Waals surface area contributed by atoms with Crippen molar-refractivity contribution in [1.82, 2.24) is 14.8 Å². The lowest BCUT2D eigenvalue weighted by Gasteiger charge is -2.35. The summed E-state index contributed by atoms with van der Waals surface area (Å²) in [7, 11) is 3.74. The summed E-state index contributed by atoms with van der Waals surface area (Å²) in [6.07, 6.45) is 1.89. The van der Waals surface area contributed by atoms with E-state index in [0.29, 0.717) is 6.04 Å². The Hall–Kier alpha value is -0.810. The molecule has 0 spiro atoms. The van der Waals surface area contributed by atoms with Gasteiger partial charge in [-0.15, -0.1) is 0 Å². The zero-order valence-corrected chi connectivity index (χ0v) is 10.4. The number of nitrogens with zero attached hydrogens (tertiary/aromatic N) is 2. The molecule has 2 heterocycles. The van der Waals surface area contributed by atoms with Gasteiger partial charge in [-0.25, -0.2) is 0 Å². The molecule has 82 valence electrons. The molecule has 0 aliphatic carbocycles. The van der Waals surface area contributed by atoms with Crippen LogP contribution in [0.2, 0.25) is 0 Å². The topological polar surface area (TPSA) is 37.3 Å². The molecule has 1 aromatic rings. The second-order valence-corrected chi connectivity index (χ2v) is 4.80. The predicted molar refractivity (Wildman–Crippen MR) is 61.9 cm³/mol. The molecule has 1 fully saturated rings. The van der Waals surface area contributed by atoms with Crippen LogP contribution in [0.1, 0.15) is 10.5 Å². The van der Waals surface area contributed by atoms with Crippen molar-refractivity contribution in [3.8, 4) is 0 Å². The SMILES string of the molecule is CN(C(=O)c1cc(Br)cn1C)C1CNC1. The molecule has 4 nitrogen and oxygen atoms in total. The Bertz CT molecular complexity index is 384. The number of likely N-dealkylation sites (N-methyl/N-ethyl adjacent to an activating group) is 1. The van der Waals surface area contributed by atoms with Gasteiger partial charge in [-0.05, 0) is 22.0 Å². The highest BCUT2D eigenvalue weighted by Gasteiger charge is 2.27. The Morgan fingerprint density at radius 3 is 2.73 bits per heavy atom. The molecule has 15 heavy (non-hydrogen) atoms. The van der Waals surface area contributed by atoms with Gasteiger partial charge in [0.15, 0.2) is 0 Å². The van der Waals surface area contributed by atoms with Crippen molar-refractivity contribution in [1.29, 1.82) is 0 Å². The average Bonchev–Trinajstić information content (AvgIpc) is 2.41. The molecule has 1 amide bonds. The van der Waals surface area contributed by atoms with Gasteiger partial charge in [-0.2, -0.15) is 0 Å². The number of hydrogen-bond donors (Lipinski definition) is 1. The lowest BCUT2D eigenvalue weighted by molar-refractivity contribution is 0.0671. The van der Waals surface area contributed by atoms with Crippen molar-refractivity contribution in [3.63, 3.8) is 0 Å². The first-order valence-corrected chi connectivity index (χ1v) is 5.68. The average molecular weight is 272 g/mol.